The fourth-order valence-corrected chi connectivity index (χ4v) is 2.86. The van der Waals surface area contributed by atoms with Gasteiger partial charge in [-0.05, 0) is 48.7 Å². The largest absolute Gasteiger partial charge is 0.376 e. The summed E-state index contributed by atoms with van der Waals surface area (Å²) in [6.45, 7) is 3.78. The molecule has 0 bridgehead atoms. The quantitative estimate of drug-likeness (QED) is 0.591. The number of aryl methyl sites for hydroxylation is 1. The Bertz CT molecular complexity index is 909. The Morgan fingerprint density at radius 2 is 1.63 bits per heavy atom. The number of carbonyl (C=O) groups is 3. The molecule has 7 heteroatoms. The van der Waals surface area contributed by atoms with E-state index >= 15 is 0 Å². The second-order valence-corrected chi connectivity index (χ2v) is 7.27. The van der Waals surface area contributed by atoms with Crippen LogP contribution in [-0.4, -0.2) is 43.3 Å². The van der Waals surface area contributed by atoms with Crippen molar-refractivity contribution in [3.63, 3.8) is 0 Å². The van der Waals surface area contributed by atoms with Gasteiger partial charge in [0.1, 0.15) is 0 Å². The van der Waals surface area contributed by atoms with E-state index in [1.165, 1.54) is 0 Å². The standard InChI is InChI=1S/C23H30N4O3/c1-5-21(28)26-20-11-7-10-19(16(20)2)24-15-22(29)25-18-9-6-8-17(14-18)12-13-23(30)27(3)4/h6-11,14,24H,5,12-13,15H2,1-4H3,(H,25,29)(H,26,28). The molecule has 0 aromatic heterocycles. The monoisotopic (exact) mass is 410 g/mol. The van der Waals surface area contributed by atoms with Gasteiger partial charge in [0, 0.05) is 44.0 Å². The van der Waals surface area contributed by atoms with Gasteiger partial charge in [0.25, 0.3) is 0 Å². The van der Waals surface area contributed by atoms with Crippen molar-refractivity contribution in [1.29, 1.82) is 0 Å². The zero-order valence-corrected chi connectivity index (χ0v) is 18.0. The molecule has 0 spiro atoms. The normalized spacial score (nSPS) is 10.3. The average Bonchev–Trinajstić information content (AvgIpc) is 2.72. The number of nitrogens with zero attached hydrogens (tertiary/aromatic N) is 1. The summed E-state index contributed by atoms with van der Waals surface area (Å²) < 4.78 is 0. The topological polar surface area (TPSA) is 90.5 Å². The van der Waals surface area contributed by atoms with Crippen LogP contribution >= 0.6 is 0 Å². The Morgan fingerprint density at radius 1 is 0.933 bits per heavy atom. The summed E-state index contributed by atoms with van der Waals surface area (Å²) in [6, 6.07) is 13.0. The smallest absolute Gasteiger partial charge is 0.243 e. The average molecular weight is 411 g/mol. The van der Waals surface area contributed by atoms with Crippen molar-refractivity contribution in [2.75, 3.05) is 36.6 Å². The molecule has 0 saturated heterocycles. The van der Waals surface area contributed by atoms with Crippen LogP contribution in [0.4, 0.5) is 17.1 Å². The number of amides is 3. The molecule has 0 saturated carbocycles. The molecule has 0 unspecified atom stereocenters. The van der Waals surface area contributed by atoms with E-state index in [1.54, 1.807) is 25.9 Å². The molecule has 3 N–H and O–H groups in total. The van der Waals surface area contributed by atoms with Gasteiger partial charge in [-0.1, -0.05) is 25.1 Å². The fourth-order valence-electron chi connectivity index (χ4n) is 2.86. The zero-order valence-electron chi connectivity index (χ0n) is 18.0. The third-order valence-corrected chi connectivity index (χ3v) is 4.71. The lowest BCUT2D eigenvalue weighted by Gasteiger charge is -2.14. The van der Waals surface area contributed by atoms with E-state index in [1.807, 2.05) is 49.4 Å². The molecule has 0 radical (unpaired) electrons. The highest BCUT2D eigenvalue weighted by Gasteiger charge is 2.09. The van der Waals surface area contributed by atoms with Crippen molar-refractivity contribution in [1.82, 2.24) is 4.90 Å². The van der Waals surface area contributed by atoms with E-state index in [2.05, 4.69) is 16.0 Å². The molecule has 30 heavy (non-hydrogen) atoms. The van der Waals surface area contributed by atoms with E-state index < -0.39 is 0 Å². The number of hydrogen-bond acceptors (Lipinski definition) is 4. The summed E-state index contributed by atoms with van der Waals surface area (Å²) in [7, 11) is 3.47. The van der Waals surface area contributed by atoms with Gasteiger partial charge in [-0.3, -0.25) is 14.4 Å². The zero-order chi connectivity index (χ0) is 22.1. The van der Waals surface area contributed by atoms with Gasteiger partial charge in [-0.2, -0.15) is 0 Å². The number of rotatable bonds is 9. The number of carbonyl (C=O) groups excluding carboxylic acids is 3. The highest BCUT2D eigenvalue weighted by atomic mass is 16.2. The summed E-state index contributed by atoms with van der Waals surface area (Å²) in [5.41, 5.74) is 4.07. The summed E-state index contributed by atoms with van der Waals surface area (Å²) in [6.07, 6.45) is 1.45. The van der Waals surface area contributed by atoms with Crippen LogP contribution in [0.5, 0.6) is 0 Å². The molecule has 7 nitrogen and oxygen atoms in total. The molecule has 0 atom stereocenters. The molecule has 160 valence electrons. The van der Waals surface area contributed by atoms with Crippen LogP contribution in [-0.2, 0) is 20.8 Å². The molecular weight excluding hydrogens is 380 g/mol. The molecule has 0 aliphatic carbocycles. The molecule has 0 aliphatic rings. The number of anilines is 3. The van der Waals surface area contributed by atoms with E-state index in [9.17, 15) is 14.4 Å². The summed E-state index contributed by atoms with van der Waals surface area (Å²) >= 11 is 0. The Kier molecular flexibility index (Phi) is 8.41. The predicted molar refractivity (Wildman–Crippen MR) is 121 cm³/mol. The first-order valence-electron chi connectivity index (χ1n) is 10.0. The molecule has 2 aromatic carbocycles. The molecule has 3 amide bonds. The minimum atomic E-state index is -0.182. The maximum absolute atomic E-state index is 12.4. The van der Waals surface area contributed by atoms with Gasteiger partial charge in [-0.15, -0.1) is 0 Å². The van der Waals surface area contributed by atoms with Gasteiger partial charge in [-0.25, -0.2) is 0 Å². The highest BCUT2D eigenvalue weighted by molar-refractivity contribution is 5.95. The molecular formula is C23H30N4O3. The SMILES string of the molecule is CCC(=O)Nc1cccc(NCC(=O)Nc2cccc(CCC(=O)N(C)C)c2)c1C. The second kappa shape index (κ2) is 11.0. The van der Waals surface area contributed by atoms with Crippen LogP contribution in [0.3, 0.4) is 0 Å². The summed E-state index contributed by atoms with van der Waals surface area (Å²) in [4.78, 5) is 37.3. The van der Waals surface area contributed by atoms with Gasteiger partial charge < -0.3 is 20.9 Å². The van der Waals surface area contributed by atoms with Crippen molar-refractivity contribution < 1.29 is 14.4 Å². The Labute approximate surface area is 177 Å². The molecule has 2 aromatic rings. The Morgan fingerprint density at radius 3 is 2.33 bits per heavy atom. The summed E-state index contributed by atoms with van der Waals surface area (Å²) in [5.74, 6) is -0.166. The van der Waals surface area contributed by atoms with Crippen LogP contribution in [0.1, 0.15) is 30.9 Å². The van der Waals surface area contributed by atoms with Crippen LogP contribution in [0.25, 0.3) is 0 Å². The van der Waals surface area contributed by atoms with E-state index in [-0.39, 0.29) is 24.3 Å². The molecule has 2 rings (SSSR count). The third-order valence-electron chi connectivity index (χ3n) is 4.71. The number of hydrogen-bond donors (Lipinski definition) is 3. The maximum atomic E-state index is 12.4. The van der Waals surface area contributed by atoms with Crippen LogP contribution in [0.2, 0.25) is 0 Å². The first kappa shape index (κ1) is 22.9. The van der Waals surface area contributed by atoms with Gasteiger partial charge >= 0.3 is 0 Å². The maximum Gasteiger partial charge on any atom is 0.243 e. The van der Waals surface area contributed by atoms with E-state index in [4.69, 9.17) is 0 Å². The minimum absolute atomic E-state index is 0.0554. The lowest BCUT2D eigenvalue weighted by molar-refractivity contribution is -0.128. The molecule has 0 fully saturated rings. The van der Waals surface area contributed by atoms with Crippen molar-refractivity contribution in [2.45, 2.75) is 33.1 Å². The van der Waals surface area contributed by atoms with Crippen molar-refractivity contribution in [3.8, 4) is 0 Å². The lowest BCUT2D eigenvalue weighted by Crippen LogP contribution is -2.22. The number of benzene rings is 2. The van der Waals surface area contributed by atoms with Crippen molar-refractivity contribution in [3.05, 3.63) is 53.6 Å². The van der Waals surface area contributed by atoms with Crippen LogP contribution in [0.15, 0.2) is 42.5 Å². The van der Waals surface area contributed by atoms with Crippen LogP contribution < -0.4 is 16.0 Å². The van der Waals surface area contributed by atoms with Crippen LogP contribution in [0, 0.1) is 6.92 Å². The van der Waals surface area contributed by atoms with E-state index in [0.717, 1.165) is 22.5 Å². The van der Waals surface area contributed by atoms with E-state index in [0.29, 0.717) is 24.9 Å². The molecule has 0 aliphatic heterocycles. The lowest BCUT2D eigenvalue weighted by atomic mass is 10.1. The summed E-state index contributed by atoms with van der Waals surface area (Å²) in [5, 5.41) is 8.84. The van der Waals surface area contributed by atoms with Crippen molar-refractivity contribution >= 4 is 34.8 Å². The van der Waals surface area contributed by atoms with Gasteiger partial charge in [0.2, 0.25) is 17.7 Å². The fraction of sp³-hybridized carbons (Fsp3) is 0.348. The first-order valence-corrected chi connectivity index (χ1v) is 10.0. The van der Waals surface area contributed by atoms with Crippen molar-refractivity contribution in [2.24, 2.45) is 0 Å². The Balaban J connectivity index is 1.92. The highest BCUT2D eigenvalue weighted by Crippen LogP contribution is 2.23. The first-order chi connectivity index (χ1) is 14.3. The number of nitrogens with one attached hydrogen (secondary N) is 3. The second-order valence-electron chi connectivity index (χ2n) is 7.27. The Hall–Kier alpha value is -3.35. The van der Waals surface area contributed by atoms with Gasteiger partial charge in [0.05, 0.1) is 6.54 Å². The predicted octanol–water partition coefficient (Wildman–Crippen LogP) is 3.41. The third kappa shape index (κ3) is 6.92. The molecule has 0 heterocycles. The van der Waals surface area contributed by atoms with Gasteiger partial charge in [0.15, 0.2) is 0 Å². The minimum Gasteiger partial charge on any atom is -0.376 e.